The Balaban J connectivity index is 1.38. The van der Waals surface area contributed by atoms with E-state index in [9.17, 15) is 4.79 Å². The third-order valence-electron chi connectivity index (χ3n) is 5.14. The van der Waals surface area contributed by atoms with Crippen LogP contribution in [-0.2, 0) is 0 Å². The predicted molar refractivity (Wildman–Crippen MR) is 81.1 cm³/mol. The van der Waals surface area contributed by atoms with Gasteiger partial charge >= 0.3 is 0 Å². The number of aromatic nitrogens is 2. The van der Waals surface area contributed by atoms with Gasteiger partial charge in [-0.25, -0.2) is 0 Å². The van der Waals surface area contributed by atoms with Crippen molar-refractivity contribution in [3.8, 4) is 0 Å². The number of nitrogens with zero attached hydrogens (tertiary/aromatic N) is 1. The summed E-state index contributed by atoms with van der Waals surface area (Å²) in [5, 5.41) is 7.52. The molecule has 1 saturated carbocycles. The lowest BCUT2D eigenvalue weighted by Crippen LogP contribution is -2.32. The van der Waals surface area contributed by atoms with Crippen LogP contribution in [-0.4, -0.2) is 35.5 Å². The summed E-state index contributed by atoms with van der Waals surface area (Å²) < 4.78 is 0. The van der Waals surface area contributed by atoms with Crippen molar-refractivity contribution in [2.45, 2.75) is 19.3 Å². The molecule has 0 aromatic carbocycles. The molecule has 2 fully saturated rings. The zero-order valence-corrected chi connectivity index (χ0v) is 12.0. The first kappa shape index (κ1) is 12.8. The number of hydrogen-bond acceptors (Lipinski definition) is 3. The Labute approximate surface area is 123 Å². The Hall–Kier alpha value is -1.88. The lowest BCUT2D eigenvalue weighted by atomic mass is 9.92. The van der Waals surface area contributed by atoms with Gasteiger partial charge in [-0.3, -0.25) is 9.78 Å². The third kappa shape index (κ3) is 2.31. The molecule has 3 N–H and O–H groups in total. The van der Waals surface area contributed by atoms with Crippen LogP contribution >= 0.6 is 0 Å². The van der Waals surface area contributed by atoms with E-state index < -0.39 is 0 Å². The van der Waals surface area contributed by atoms with Gasteiger partial charge in [-0.2, -0.15) is 0 Å². The zero-order valence-electron chi connectivity index (χ0n) is 12.0. The largest absolute Gasteiger partial charge is 0.350 e. The van der Waals surface area contributed by atoms with Crippen LogP contribution in [0, 0.1) is 11.3 Å². The highest BCUT2D eigenvalue weighted by Crippen LogP contribution is 2.58. The van der Waals surface area contributed by atoms with Gasteiger partial charge in [0.2, 0.25) is 0 Å². The molecule has 4 rings (SSSR count). The Kier molecular flexibility index (Phi) is 2.96. The van der Waals surface area contributed by atoms with Gasteiger partial charge < -0.3 is 15.6 Å². The zero-order chi connectivity index (χ0) is 14.3. The molecule has 2 aromatic heterocycles. The molecule has 5 nitrogen and oxygen atoms in total. The predicted octanol–water partition coefficient (Wildman–Crippen LogP) is 1.68. The lowest BCUT2D eigenvalue weighted by Gasteiger charge is -2.23. The Morgan fingerprint density at radius 3 is 3.10 bits per heavy atom. The second kappa shape index (κ2) is 4.84. The number of aromatic amines is 1. The van der Waals surface area contributed by atoms with Crippen molar-refractivity contribution in [1.82, 2.24) is 20.6 Å². The molecule has 0 radical (unpaired) electrons. The molecular formula is C16H20N4O. The molecule has 110 valence electrons. The van der Waals surface area contributed by atoms with Crippen LogP contribution in [0.25, 0.3) is 10.9 Å². The minimum atomic E-state index is -0.0119. The average Bonchev–Trinajstić information content (AvgIpc) is 2.99. The maximum atomic E-state index is 12.2. The molecule has 1 saturated heterocycles. The third-order valence-corrected chi connectivity index (χ3v) is 5.14. The summed E-state index contributed by atoms with van der Waals surface area (Å²) in [4.78, 5) is 19.4. The van der Waals surface area contributed by atoms with Crippen molar-refractivity contribution in [2.75, 3.05) is 19.6 Å². The normalized spacial score (nSPS) is 23.3. The molecule has 1 amide bonds. The first-order valence-electron chi connectivity index (χ1n) is 7.69. The van der Waals surface area contributed by atoms with Crippen LogP contribution < -0.4 is 10.6 Å². The van der Waals surface area contributed by atoms with Crippen LogP contribution in [0.2, 0.25) is 0 Å². The van der Waals surface area contributed by atoms with Gasteiger partial charge in [0.05, 0.1) is 11.7 Å². The molecule has 1 aliphatic carbocycles. The smallest absolute Gasteiger partial charge is 0.267 e. The molecule has 1 atom stereocenters. The number of fused-ring (bicyclic) bond motifs is 1. The van der Waals surface area contributed by atoms with Crippen LogP contribution in [0.15, 0.2) is 24.5 Å². The first-order chi connectivity index (χ1) is 10.3. The molecule has 1 aliphatic heterocycles. The average molecular weight is 284 g/mol. The van der Waals surface area contributed by atoms with E-state index in [1.54, 1.807) is 12.4 Å². The number of piperidine rings is 1. The van der Waals surface area contributed by atoms with Crippen LogP contribution in [0.3, 0.4) is 0 Å². The fourth-order valence-corrected chi connectivity index (χ4v) is 3.66. The summed E-state index contributed by atoms with van der Waals surface area (Å²) in [5.74, 6) is 0.650. The molecule has 3 heterocycles. The van der Waals surface area contributed by atoms with Gasteiger partial charge in [0.25, 0.3) is 5.91 Å². The number of hydrogen-bond donors (Lipinski definition) is 3. The second-order valence-corrected chi connectivity index (χ2v) is 6.37. The summed E-state index contributed by atoms with van der Waals surface area (Å²) in [6.07, 6.45) is 7.27. The molecule has 5 heteroatoms. The number of rotatable bonds is 3. The summed E-state index contributed by atoms with van der Waals surface area (Å²) in [6.45, 7) is 3.05. The molecule has 0 bridgehead atoms. The summed E-state index contributed by atoms with van der Waals surface area (Å²) in [7, 11) is 0. The van der Waals surface area contributed by atoms with E-state index >= 15 is 0 Å². The minimum absolute atomic E-state index is 0.0119. The van der Waals surface area contributed by atoms with Crippen molar-refractivity contribution in [3.63, 3.8) is 0 Å². The van der Waals surface area contributed by atoms with E-state index in [2.05, 4.69) is 20.6 Å². The monoisotopic (exact) mass is 284 g/mol. The summed E-state index contributed by atoms with van der Waals surface area (Å²) in [6, 6.07) is 3.80. The van der Waals surface area contributed by atoms with Gasteiger partial charge in [-0.05, 0) is 55.8 Å². The quantitative estimate of drug-likeness (QED) is 0.803. The molecule has 2 aliphatic rings. The van der Waals surface area contributed by atoms with Crippen LogP contribution in [0.1, 0.15) is 29.8 Å². The topological polar surface area (TPSA) is 69.8 Å². The van der Waals surface area contributed by atoms with Crippen LogP contribution in [0.4, 0.5) is 0 Å². The van der Waals surface area contributed by atoms with Gasteiger partial charge in [0.1, 0.15) is 5.69 Å². The number of pyridine rings is 1. The van der Waals surface area contributed by atoms with Gasteiger partial charge in [-0.15, -0.1) is 0 Å². The fraction of sp³-hybridized carbons (Fsp3) is 0.500. The SMILES string of the molecule is O=C(NCC1CC12CCNCC2)c1cc2ccncc2[nH]1. The summed E-state index contributed by atoms with van der Waals surface area (Å²) >= 11 is 0. The van der Waals surface area contributed by atoms with Crippen molar-refractivity contribution in [1.29, 1.82) is 0 Å². The summed E-state index contributed by atoms with van der Waals surface area (Å²) in [5.41, 5.74) is 2.05. The van der Waals surface area contributed by atoms with Gasteiger partial charge in [-0.1, -0.05) is 0 Å². The molecule has 1 spiro atoms. The maximum Gasteiger partial charge on any atom is 0.267 e. The van der Waals surface area contributed by atoms with Gasteiger partial charge in [0, 0.05) is 18.1 Å². The van der Waals surface area contributed by atoms with E-state index in [1.165, 1.54) is 19.3 Å². The lowest BCUT2D eigenvalue weighted by molar-refractivity contribution is 0.0945. The highest BCUT2D eigenvalue weighted by atomic mass is 16.1. The molecule has 2 aromatic rings. The van der Waals surface area contributed by atoms with E-state index in [0.29, 0.717) is 17.0 Å². The minimum Gasteiger partial charge on any atom is -0.350 e. The number of nitrogens with one attached hydrogen (secondary N) is 3. The highest BCUT2D eigenvalue weighted by Gasteiger charge is 2.53. The first-order valence-corrected chi connectivity index (χ1v) is 7.69. The standard InChI is InChI=1S/C16H20N4O/c21-15(13-7-11-1-4-18-10-14(11)20-13)19-9-12-8-16(12)2-5-17-6-3-16/h1,4,7,10,12,17,20H,2-3,5-6,8-9H2,(H,19,21). The number of carbonyl (C=O) groups excluding carboxylic acids is 1. The van der Waals surface area contributed by atoms with Crippen molar-refractivity contribution in [3.05, 3.63) is 30.2 Å². The van der Waals surface area contributed by atoms with E-state index in [1.807, 2.05) is 12.1 Å². The number of amides is 1. The Morgan fingerprint density at radius 2 is 2.29 bits per heavy atom. The molecular weight excluding hydrogens is 264 g/mol. The number of carbonyl (C=O) groups is 1. The number of H-pyrrole nitrogens is 1. The molecule has 1 unspecified atom stereocenters. The maximum absolute atomic E-state index is 12.2. The second-order valence-electron chi connectivity index (χ2n) is 6.37. The van der Waals surface area contributed by atoms with E-state index in [4.69, 9.17) is 0 Å². The Morgan fingerprint density at radius 1 is 1.43 bits per heavy atom. The van der Waals surface area contributed by atoms with Crippen molar-refractivity contribution < 1.29 is 4.79 Å². The van der Waals surface area contributed by atoms with E-state index in [-0.39, 0.29) is 5.91 Å². The van der Waals surface area contributed by atoms with Crippen molar-refractivity contribution in [2.24, 2.45) is 11.3 Å². The van der Waals surface area contributed by atoms with Gasteiger partial charge in [0.15, 0.2) is 0 Å². The molecule has 21 heavy (non-hydrogen) atoms. The van der Waals surface area contributed by atoms with E-state index in [0.717, 1.165) is 30.5 Å². The fourth-order valence-electron chi connectivity index (χ4n) is 3.66. The Bertz CT molecular complexity index is 639. The van der Waals surface area contributed by atoms with Crippen LogP contribution in [0.5, 0.6) is 0 Å². The van der Waals surface area contributed by atoms with Crippen molar-refractivity contribution >= 4 is 16.8 Å². The highest BCUT2D eigenvalue weighted by molar-refractivity contribution is 5.97.